The second-order valence-corrected chi connectivity index (χ2v) is 5.63. The topological polar surface area (TPSA) is 64.6 Å². The molecule has 0 bridgehead atoms. The highest BCUT2D eigenvalue weighted by Crippen LogP contribution is 2.25. The molecule has 0 saturated heterocycles. The van der Waals surface area contributed by atoms with E-state index in [2.05, 4.69) is 5.32 Å². The van der Waals surface area contributed by atoms with Crippen LogP contribution in [0.15, 0.2) is 54.6 Å². The van der Waals surface area contributed by atoms with Crippen LogP contribution in [0.5, 0.6) is 11.5 Å². The Morgan fingerprint density at radius 1 is 0.958 bits per heavy atom. The number of hydrogen-bond donors (Lipinski definition) is 1. The zero-order valence-corrected chi connectivity index (χ0v) is 14.0. The van der Waals surface area contributed by atoms with Crippen LogP contribution in [0.1, 0.15) is 24.2 Å². The van der Waals surface area contributed by atoms with E-state index in [1.54, 1.807) is 36.4 Å². The van der Waals surface area contributed by atoms with E-state index in [4.69, 9.17) is 9.47 Å². The Hall–Kier alpha value is -2.82. The van der Waals surface area contributed by atoms with Crippen molar-refractivity contribution in [2.75, 3.05) is 7.11 Å². The summed E-state index contributed by atoms with van der Waals surface area (Å²) in [7, 11) is 1.30. The molecule has 0 radical (unpaired) electrons. The summed E-state index contributed by atoms with van der Waals surface area (Å²) < 4.78 is 10.5. The second-order valence-electron chi connectivity index (χ2n) is 5.63. The second kappa shape index (κ2) is 8.15. The molecule has 1 unspecified atom stereocenters. The summed E-state index contributed by atoms with van der Waals surface area (Å²) in [6, 6.07) is 15.4. The number of carbonyl (C=O) groups is 2. The van der Waals surface area contributed by atoms with Gasteiger partial charge in [0.1, 0.15) is 17.5 Å². The lowest BCUT2D eigenvalue weighted by molar-refractivity contribution is -0.144. The molecule has 126 valence electrons. The summed E-state index contributed by atoms with van der Waals surface area (Å²) in [6.45, 7) is 3.68. The molecule has 5 heteroatoms. The number of methoxy groups -OCH3 is 1. The molecule has 5 nitrogen and oxygen atoms in total. The van der Waals surface area contributed by atoms with Crippen LogP contribution in [0.25, 0.3) is 0 Å². The minimum absolute atomic E-state index is 0.0939. The lowest BCUT2D eigenvalue weighted by atomic mass is 10.0. The molecule has 1 N–H and O–H groups in total. The molecule has 0 aliphatic heterocycles. The van der Waals surface area contributed by atoms with Crippen LogP contribution in [0.3, 0.4) is 0 Å². The van der Waals surface area contributed by atoms with Crippen LogP contribution >= 0.6 is 0 Å². The Balaban J connectivity index is 2.22. The largest absolute Gasteiger partial charge is 0.467 e. The number of rotatable bonds is 6. The van der Waals surface area contributed by atoms with E-state index in [0.717, 1.165) is 0 Å². The summed E-state index contributed by atoms with van der Waals surface area (Å²) in [5.74, 6) is 0.105. The van der Waals surface area contributed by atoms with Crippen molar-refractivity contribution in [3.8, 4) is 11.5 Å². The number of esters is 1. The molecule has 2 rings (SSSR count). The van der Waals surface area contributed by atoms with Gasteiger partial charge in [0.15, 0.2) is 0 Å². The normalized spacial score (nSPS) is 11.7. The number of ether oxygens (including phenoxy) is 2. The molecule has 0 fully saturated rings. The van der Waals surface area contributed by atoms with Crippen molar-refractivity contribution in [3.63, 3.8) is 0 Å². The minimum atomic E-state index is -0.715. The Kier molecular flexibility index (Phi) is 5.95. The van der Waals surface area contributed by atoms with Crippen LogP contribution in [-0.2, 0) is 9.53 Å². The third-order valence-corrected chi connectivity index (χ3v) is 3.51. The van der Waals surface area contributed by atoms with Crippen molar-refractivity contribution in [1.29, 1.82) is 0 Å². The highest BCUT2D eigenvalue weighted by molar-refractivity contribution is 5.99. The van der Waals surface area contributed by atoms with E-state index >= 15 is 0 Å². The molecule has 0 spiro atoms. The number of carbonyl (C=O) groups excluding carboxylic acids is 2. The standard InChI is InChI=1S/C19H21NO4/c1-13(2)17(19(22)23-3)20-18(21)15-11-7-8-12-16(15)24-14-9-5-4-6-10-14/h4-13,17H,1-3H3,(H,20,21). The fourth-order valence-electron chi connectivity index (χ4n) is 2.20. The first-order valence-electron chi connectivity index (χ1n) is 7.73. The third-order valence-electron chi connectivity index (χ3n) is 3.51. The molecule has 0 saturated carbocycles. The Labute approximate surface area is 141 Å². The van der Waals surface area contributed by atoms with E-state index in [1.165, 1.54) is 7.11 Å². The molecule has 0 aliphatic rings. The first kappa shape index (κ1) is 17.5. The van der Waals surface area contributed by atoms with E-state index in [1.807, 2.05) is 32.0 Å². The van der Waals surface area contributed by atoms with Crippen molar-refractivity contribution in [3.05, 3.63) is 60.2 Å². The van der Waals surface area contributed by atoms with Gasteiger partial charge in [0.05, 0.1) is 12.7 Å². The maximum absolute atomic E-state index is 12.6. The first-order chi connectivity index (χ1) is 11.5. The van der Waals surface area contributed by atoms with Gasteiger partial charge in [0.2, 0.25) is 0 Å². The van der Waals surface area contributed by atoms with Gasteiger partial charge in [-0.25, -0.2) is 4.79 Å². The maximum Gasteiger partial charge on any atom is 0.328 e. The zero-order chi connectivity index (χ0) is 17.5. The molecule has 24 heavy (non-hydrogen) atoms. The van der Waals surface area contributed by atoms with Gasteiger partial charge in [-0.05, 0) is 30.2 Å². The first-order valence-corrected chi connectivity index (χ1v) is 7.73. The maximum atomic E-state index is 12.6. The van der Waals surface area contributed by atoms with E-state index in [0.29, 0.717) is 17.1 Å². The fraction of sp³-hybridized carbons (Fsp3) is 0.263. The van der Waals surface area contributed by atoms with Crippen molar-refractivity contribution in [2.45, 2.75) is 19.9 Å². The molecular weight excluding hydrogens is 306 g/mol. The lowest BCUT2D eigenvalue weighted by Gasteiger charge is -2.20. The van der Waals surface area contributed by atoms with Crippen molar-refractivity contribution in [1.82, 2.24) is 5.32 Å². The van der Waals surface area contributed by atoms with E-state index in [-0.39, 0.29) is 11.8 Å². The number of amides is 1. The Morgan fingerprint density at radius 3 is 2.21 bits per heavy atom. The number of hydrogen-bond acceptors (Lipinski definition) is 4. The molecule has 2 aromatic carbocycles. The van der Waals surface area contributed by atoms with Gasteiger partial charge in [0, 0.05) is 0 Å². The Morgan fingerprint density at radius 2 is 1.58 bits per heavy atom. The predicted octanol–water partition coefficient (Wildman–Crippen LogP) is 3.41. The van der Waals surface area contributed by atoms with Gasteiger partial charge >= 0.3 is 5.97 Å². The molecule has 1 amide bonds. The summed E-state index contributed by atoms with van der Waals surface area (Å²) >= 11 is 0. The highest BCUT2D eigenvalue weighted by Gasteiger charge is 2.26. The van der Waals surface area contributed by atoms with Gasteiger partial charge in [-0.3, -0.25) is 4.79 Å². The molecule has 0 aliphatic carbocycles. The monoisotopic (exact) mass is 327 g/mol. The van der Waals surface area contributed by atoms with Crippen LogP contribution in [0, 0.1) is 5.92 Å². The van der Waals surface area contributed by atoms with Gasteiger partial charge in [-0.2, -0.15) is 0 Å². The average molecular weight is 327 g/mol. The van der Waals surface area contributed by atoms with Crippen molar-refractivity contribution >= 4 is 11.9 Å². The summed E-state index contributed by atoms with van der Waals surface area (Å²) in [6.07, 6.45) is 0. The van der Waals surface area contributed by atoms with Crippen LogP contribution < -0.4 is 10.1 Å². The molecule has 0 aromatic heterocycles. The summed E-state index contributed by atoms with van der Waals surface area (Å²) in [4.78, 5) is 24.4. The van der Waals surface area contributed by atoms with Crippen molar-refractivity contribution in [2.24, 2.45) is 5.92 Å². The predicted molar refractivity (Wildman–Crippen MR) is 91.1 cm³/mol. The van der Waals surface area contributed by atoms with Crippen LogP contribution in [0.2, 0.25) is 0 Å². The third kappa shape index (κ3) is 4.35. The van der Waals surface area contributed by atoms with Gasteiger partial charge in [0.25, 0.3) is 5.91 Å². The van der Waals surface area contributed by atoms with Crippen molar-refractivity contribution < 1.29 is 19.1 Å². The zero-order valence-electron chi connectivity index (χ0n) is 14.0. The molecule has 1 atom stereocenters. The number of benzene rings is 2. The van der Waals surface area contributed by atoms with Gasteiger partial charge in [-0.15, -0.1) is 0 Å². The summed E-state index contributed by atoms with van der Waals surface area (Å²) in [5, 5.41) is 2.72. The SMILES string of the molecule is COC(=O)C(NC(=O)c1ccccc1Oc1ccccc1)C(C)C. The fourth-order valence-corrected chi connectivity index (χ4v) is 2.20. The van der Waals surface area contributed by atoms with E-state index < -0.39 is 12.0 Å². The molecule has 0 heterocycles. The Bertz CT molecular complexity index is 698. The average Bonchev–Trinajstić information content (AvgIpc) is 2.60. The van der Waals surface area contributed by atoms with Gasteiger partial charge in [-0.1, -0.05) is 44.2 Å². The van der Waals surface area contributed by atoms with Crippen LogP contribution in [-0.4, -0.2) is 25.0 Å². The smallest absolute Gasteiger partial charge is 0.328 e. The number of para-hydroxylation sites is 2. The van der Waals surface area contributed by atoms with Crippen LogP contribution in [0.4, 0.5) is 0 Å². The number of nitrogens with one attached hydrogen (secondary N) is 1. The quantitative estimate of drug-likeness (QED) is 0.826. The lowest BCUT2D eigenvalue weighted by Crippen LogP contribution is -2.45. The molecule has 2 aromatic rings. The minimum Gasteiger partial charge on any atom is -0.467 e. The molecular formula is C19H21NO4. The van der Waals surface area contributed by atoms with E-state index in [9.17, 15) is 9.59 Å². The summed E-state index contributed by atoms with van der Waals surface area (Å²) in [5.41, 5.74) is 0.357. The highest BCUT2D eigenvalue weighted by atomic mass is 16.5. The van der Waals surface area contributed by atoms with Gasteiger partial charge < -0.3 is 14.8 Å².